The van der Waals surface area contributed by atoms with Crippen LogP contribution in [0, 0.1) is 5.82 Å². The molecule has 1 saturated heterocycles. The van der Waals surface area contributed by atoms with Crippen molar-refractivity contribution < 1.29 is 22.4 Å². The van der Waals surface area contributed by atoms with Crippen LogP contribution < -0.4 is 15.8 Å². The van der Waals surface area contributed by atoms with E-state index in [0.29, 0.717) is 0 Å². The molecule has 4 N–H and O–H groups in total. The SMILES string of the molecule is Nc1cc(F)ccc1S(=O)(=O)NC1CCC(=O)NC1=O. The summed E-state index contributed by atoms with van der Waals surface area (Å²) in [5, 5.41) is 2.03. The van der Waals surface area contributed by atoms with Crippen molar-refractivity contribution in [2.75, 3.05) is 5.73 Å². The van der Waals surface area contributed by atoms with E-state index in [0.717, 1.165) is 18.2 Å². The van der Waals surface area contributed by atoms with E-state index in [9.17, 15) is 22.4 Å². The Labute approximate surface area is 114 Å². The number of hydrogen-bond acceptors (Lipinski definition) is 5. The van der Waals surface area contributed by atoms with Crippen molar-refractivity contribution in [3.8, 4) is 0 Å². The molecule has 1 aromatic rings. The molecule has 0 saturated carbocycles. The number of nitrogens with two attached hydrogens (primary N) is 1. The number of anilines is 1. The number of nitrogens with one attached hydrogen (secondary N) is 2. The maximum atomic E-state index is 12.9. The standard InChI is InChI=1S/C11H12FN3O4S/c12-6-1-3-9(7(13)5-6)20(18,19)15-8-2-4-10(16)14-11(8)17/h1,3,5,8,15H,2,4,13H2,(H,14,16,17). The summed E-state index contributed by atoms with van der Waals surface area (Å²) >= 11 is 0. The summed E-state index contributed by atoms with van der Waals surface area (Å²) in [5.74, 6) is -1.83. The Kier molecular flexibility index (Phi) is 3.73. The van der Waals surface area contributed by atoms with Gasteiger partial charge in [-0.3, -0.25) is 14.9 Å². The molecule has 108 valence electrons. The van der Waals surface area contributed by atoms with Gasteiger partial charge in [0.05, 0.1) is 5.69 Å². The van der Waals surface area contributed by atoms with Gasteiger partial charge >= 0.3 is 0 Å². The van der Waals surface area contributed by atoms with Gasteiger partial charge in [-0.2, -0.15) is 4.72 Å². The molecule has 1 fully saturated rings. The molecule has 0 aliphatic carbocycles. The number of piperidine rings is 1. The number of rotatable bonds is 3. The molecule has 7 nitrogen and oxygen atoms in total. The minimum atomic E-state index is -4.07. The number of carbonyl (C=O) groups is 2. The minimum absolute atomic E-state index is 0.0395. The number of amides is 2. The van der Waals surface area contributed by atoms with E-state index in [2.05, 4.69) is 4.72 Å². The summed E-state index contributed by atoms with van der Waals surface area (Å²) in [4.78, 5) is 22.2. The Morgan fingerprint density at radius 1 is 1.35 bits per heavy atom. The fourth-order valence-corrected chi connectivity index (χ4v) is 3.16. The molecule has 9 heteroatoms. The van der Waals surface area contributed by atoms with E-state index in [1.54, 1.807) is 0 Å². The van der Waals surface area contributed by atoms with Crippen LogP contribution in [-0.4, -0.2) is 26.3 Å². The molecule has 1 atom stereocenters. The average Bonchev–Trinajstić information content (AvgIpc) is 2.32. The number of benzene rings is 1. The molecule has 0 spiro atoms. The van der Waals surface area contributed by atoms with E-state index in [1.807, 2.05) is 5.32 Å². The van der Waals surface area contributed by atoms with Crippen LogP contribution in [0.15, 0.2) is 23.1 Å². The van der Waals surface area contributed by atoms with Crippen molar-refractivity contribution in [2.24, 2.45) is 0 Å². The van der Waals surface area contributed by atoms with E-state index < -0.39 is 33.7 Å². The van der Waals surface area contributed by atoms with Gasteiger partial charge in [-0.25, -0.2) is 12.8 Å². The molecular weight excluding hydrogens is 289 g/mol. The zero-order valence-corrected chi connectivity index (χ0v) is 11.0. The van der Waals surface area contributed by atoms with Crippen LogP contribution in [0.4, 0.5) is 10.1 Å². The first-order valence-electron chi connectivity index (χ1n) is 5.70. The third-order valence-electron chi connectivity index (χ3n) is 2.80. The lowest BCUT2D eigenvalue weighted by Gasteiger charge is -2.22. The number of carbonyl (C=O) groups excluding carboxylic acids is 2. The second-order valence-corrected chi connectivity index (χ2v) is 5.99. The first-order valence-corrected chi connectivity index (χ1v) is 7.19. The monoisotopic (exact) mass is 301 g/mol. The summed E-state index contributed by atoms with van der Waals surface area (Å²) in [6.45, 7) is 0. The predicted octanol–water partition coefficient (Wildman–Crippen LogP) is -0.509. The fourth-order valence-electron chi connectivity index (χ4n) is 1.82. The van der Waals surface area contributed by atoms with Crippen molar-refractivity contribution in [3.05, 3.63) is 24.0 Å². The molecule has 1 aliphatic rings. The second-order valence-electron chi connectivity index (χ2n) is 4.31. The molecule has 0 bridgehead atoms. The molecule has 1 unspecified atom stereocenters. The molecule has 2 amide bonds. The van der Waals surface area contributed by atoms with E-state index in [-0.39, 0.29) is 23.4 Å². The summed E-state index contributed by atoms with van der Waals surface area (Å²) in [5.41, 5.74) is 5.20. The van der Waals surface area contributed by atoms with Crippen LogP contribution in [-0.2, 0) is 19.6 Å². The van der Waals surface area contributed by atoms with Crippen LogP contribution in [0.1, 0.15) is 12.8 Å². The molecule has 2 rings (SSSR count). The van der Waals surface area contributed by atoms with Crippen molar-refractivity contribution >= 4 is 27.5 Å². The van der Waals surface area contributed by atoms with Gasteiger partial charge in [0.1, 0.15) is 16.8 Å². The predicted molar refractivity (Wildman–Crippen MR) is 67.3 cm³/mol. The number of hydrogen-bond donors (Lipinski definition) is 3. The maximum Gasteiger partial charge on any atom is 0.244 e. The quantitative estimate of drug-likeness (QED) is 0.513. The third-order valence-corrected chi connectivity index (χ3v) is 4.34. The van der Waals surface area contributed by atoms with Crippen LogP contribution >= 0.6 is 0 Å². The van der Waals surface area contributed by atoms with Gasteiger partial charge in [0.25, 0.3) is 0 Å². The topological polar surface area (TPSA) is 118 Å². The van der Waals surface area contributed by atoms with Crippen molar-refractivity contribution in [2.45, 2.75) is 23.8 Å². The minimum Gasteiger partial charge on any atom is -0.398 e. The fraction of sp³-hybridized carbons (Fsp3) is 0.273. The lowest BCUT2D eigenvalue weighted by atomic mass is 10.1. The van der Waals surface area contributed by atoms with Crippen molar-refractivity contribution in [3.63, 3.8) is 0 Å². The normalized spacial score (nSPS) is 19.8. The van der Waals surface area contributed by atoms with Crippen LogP contribution in [0.25, 0.3) is 0 Å². The molecule has 1 aromatic carbocycles. The molecule has 1 heterocycles. The third kappa shape index (κ3) is 2.94. The zero-order valence-electron chi connectivity index (χ0n) is 10.2. The Bertz CT molecular complexity index is 674. The molecule has 0 aromatic heterocycles. The van der Waals surface area contributed by atoms with Crippen molar-refractivity contribution in [1.29, 1.82) is 0 Å². The van der Waals surface area contributed by atoms with Gasteiger partial charge in [-0.1, -0.05) is 0 Å². The summed E-state index contributed by atoms with van der Waals surface area (Å²) in [6.07, 6.45) is 0.100. The number of nitrogen functional groups attached to an aromatic ring is 1. The highest BCUT2D eigenvalue weighted by Crippen LogP contribution is 2.20. The summed E-state index contributed by atoms with van der Waals surface area (Å²) < 4.78 is 39.2. The summed E-state index contributed by atoms with van der Waals surface area (Å²) in [6, 6.07) is 1.79. The van der Waals surface area contributed by atoms with Gasteiger partial charge < -0.3 is 5.73 Å². The molecule has 0 radical (unpaired) electrons. The lowest BCUT2D eigenvalue weighted by molar-refractivity contribution is -0.134. The lowest BCUT2D eigenvalue weighted by Crippen LogP contribution is -2.52. The maximum absolute atomic E-state index is 12.9. The Morgan fingerprint density at radius 3 is 2.65 bits per heavy atom. The average molecular weight is 301 g/mol. The molecular formula is C11H12FN3O4S. The molecule has 20 heavy (non-hydrogen) atoms. The van der Waals surface area contributed by atoms with Gasteiger partial charge in [0.15, 0.2) is 0 Å². The van der Waals surface area contributed by atoms with Gasteiger partial charge in [0, 0.05) is 6.42 Å². The first kappa shape index (κ1) is 14.4. The number of halogens is 1. The Balaban J connectivity index is 2.23. The van der Waals surface area contributed by atoms with Crippen molar-refractivity contribution in [1.82, 2.24) is 10.0 Å². The van der Waals surface area contributed by atoms with E-state index >= 15 is 0 Å². The van der Waals surface area contributed by atoms with Gasteiger partial charge in [-0.15, -0.1) is 0 Å². The first-order chi connectivity index (χ1) is 9.29. The van der Waals surface area contributed by atoms with Gasteiger partial charge in [-0.05, 0) is 24.6 Å². The van der Waals surface area contributed by atoms with E-state index in [1.165, 1.54) is 0 Å². The zero-order chi connectivity index (χ0) is 14.9. The highest BCUT2D eigenvalue weighted by Gasteiger charge is 2.31. The highest BCUT2D eigenvalue weighted by molar-refractivity contribution is 7.89. The highest BCUT2D eigenvalue weighted by atomic mass is 32.2. The van der Waals surface area contributed by atoms with Crippen LogP contribution in [0.5, 0.6) is 0 Å². The smallest absolute Gasteiger partial charge is 0.244 e. The number of sulfonamides is 1. The second kappa shape index (κ2) is 5.17. The summed E-state index contributed by atoms with van der Waals surface area (Å²) in [7, 11) is -4.07. The molecule has 1 aliphatic heterocycles. The van der Waals surface area contributed by atoms with Crippen LogP contribution in [0.2, 0.25) is 0 Å². The van der Waals surface area contributed by atoms with Crippen LogP contribution in [0.3, 0.4) is 0 Å². The Morgan fingerprint density at radius 2 is 2.05 bits per heavy atom. The van der Waals surface area contributed by atoms with E-state index in [4.69, 9.17) is 5.73 Å². The Hall–Kier alpha value is -2.00. The number of imide groups is 1. The van der Waals surface area contributed by atoms with Gasteiger partial charge in [0.2, 0.25) is 21.8 Å². The largest absolute Gasteiger partial charge is 0.398 e.